The number of aliphatic hydroxyl groups is 2. The summed E-state index contributed by atoms with van der Waals surface area (Å²) in [6.45, 7) is 8.78. The second-order valence-electron chi connectivity index (χ2n) is 9.60. The summed E-state index contributed by atoms with van der Waals surface area (Å²) < 4.78 is 0. The molecule has 1 fully saturated rings. The summed E-state index contributed by atoms with van der Waals surface area (Å²) in [5.74, 6) is 1.70. The quantitative estimate of drug-likeness (QED) is 0.534. The van der Waals surface area contributed by atoms with Gasteiger partial charge in [-0.2, -0.15) is 0 Å². The average Bonchev–Trinajstić information content (AvgIpc) is 3.05. The number of hydrogen-bond acceptors (Lipinski definition) is 5. The highest BCUT2D eigenvalue weighted by atomic mass is 16.3. The van der Waals surface area contributed by atoms with Crippen LogP contribution in [0.4, 0.5) is 0 Å². The Morgan fingerprint density at radius 3 is 2.27 bits per heavy atom. The first kappa shape index (κ1) is 23.9. The van der Waals surface area contributed by atoms with E-state index >= 15 is 0 Å². The van der Waals surface area contributed by atoms with E-state index < -0.39 is 41.2 Å². The lowest BCUT2D eigenvalue weighted by Gasteiger charge is -2.35. The number of nitrogens with one attached hydrogen (secondary N) is 1. The van der Waals surface area contributed by atoms with Crippen molar-refractivity contribution < 1.29 is 19.8 Å². The molecule has 1 heterocycles. The molecule has 2 rings (SSSR count). The minimum atomic E-state index is -1.28. The number of amides is 2. The third kappa shape index (κ3) is 5.39. The van der Waals surface area contributed by atoms with Crippen molar-refractivity contribution in [3.05, 3.63) is 35.4 Å². The summed E-state index contributed by atoms with van der Waals surface area (Å²) in [5, 5.41) is 23.7. The normalized spacial score (nSPS) is 21.6. The van der Waals surface area contributed by atoms with E-state index in [-0.39, 0.29) is 18.9 Å². The largest absolute Gasteiger partial charge is 0.391 e. The molecule has 164 valence electrons. The fourth-order valence-corrected chi connectivity index (χ4v) is 3.53. The van der Waals surface area contributed by atoms with Crippen molar-refractivity contribution in [1.82, 2.24) is 10.2 Å². The molecule has 1 aliphatic heterocycles. The summed E-state index contributed by atoms with van der Waals surface area (Å²) in [4.78, 5) is 27.4. The number of nitrogens with zero attached hydrogens (tertiary/aromatic N) is 1. The predicted molar refractivity (Wildman–Crippen MR) is 115 cm³/mol. The Bertz CT molecular complexity index is 815. The van der Waals surface area contributed by atoms with Gasteiger partial charge in [0.2, 0.25) is 11.8 Å². The van der Waals surface area contributed by atoms with Crippen LogP contribution in [0.2, 0.25) is 0 Å². The first-order chi connectivity index (χ1) is 13.8. The molecular formula is C23H33N3O4. The fraction of sp³-hybridized carbons (Fsp3) is 0.565. The van der Waals surface area contributed by atoms with E-state index in [9.17, 15) is 19.8 Å². The van der Waals surface area contributed by atoms with Crippen LogP contribution in [-0.4, -0.2) is 57.3 Å². The summed E-state index contributed by atoms with van der Waals surface area (Å²) >= 11 is 0. The Labute approximate surface area is 178 Å². The zero-order valence-electron chi connectivity index (χ0n) is 18.3. The molecule has 1 aromatic carbocycles. The van der Waals surface area contributed by atoms with E-state index in [1.807, 2.05) is 20.8 Å². The summed E-state index contributed by atoms with van der Waals surface area (Å²) in [5.41, 5.74) is 5.71. The van der Waals surface area contributed by atoms with Gasteiger partial charge in [0.25, 0.3) is 0 Å². The van der Waals surface area contributed by atoms with Gasteiger partial charge in [-0.05, 0) is 37.0 Å². The molecule has 1 saturated heterocycles. The van der Waals surface area contributed by atoms with E-state index in [1.54, 1.807) is 38.1 Å². The van der Waals surface area contributed by atoms with Crippen molar-refractivity contribution in [2.75, 3.05) is 6.54 Å². The van der Waals surface area contributed by atoms with Crippen LogP contribution in [0.5, 0.6) is 0 Å². The maximum Gasteiger partial charge on any atom is 0.243 e. The van der Waals surface area contributed by atoms with Crippen molar-refractivity contribution in [1.29, 1.82) is 0 Å². The van der Waals surface area contributed by atoms with Gasteiger partial charge in [-0.1, -0.05) is 38.8 Å². The maximum atomic E-state index is 13.1. The highest BCUT2D eigenvalue weighted by Crippen LogP contribution is 2.29. The molecule has 30 heavy (non-hydrogen) atoms. The van der Waals surface area contributed by atoms with E-state index in [4.69, 9.17) is 12.2 Å². The highest BCUT2D eigenvalue weighted by molar-refractivity contribution is 5.91. The van der Waals surface area contributed by atoms with Gasteiger partial charge < -0.3 is 26.2 Å². The van der Waals surface area contributed by atoms with Gasteiger partial charge in [-0.3, -0.25) is 9.59 Å². The van der Waals surface area contributed by atoms with Gasteiger partial charge in [0.05, 0.1) is 23.8 Å². The molecule has 0 aliphatic carbocycles. The van der Waals surface area contributed by atoms with Crippen molar-refractivity contribution in [2.45, 2.75) is 70.9 Å². The zero-order chi connectivity index (χ0) is 22.9. The molecule has 0 bridgehead atoms. The molecule has 1 aliphatic rings. The fourth-order valence-electron chi connectivity index (χ4n) is 3.53. The van der Waals surface area contributed by atoms with E-state index in [0.717, 1.165) is 0 Å². The molecule has 4 atom stereocenters. The summed E-state index contributed by atoms with van der Waals surface area (Å²) in [6, 6.07) is 4.56. The number of rotatable bonds is 5. The van der Waals surface area contributed by atoms with Crippen molar-refractivity contribution >= 4 is 11.8 Å². The lowest BCUT2D eigenvalue weighted by Crippen LogP contribution is -2.56. The number of carbonyl (C=O) groups is 2. The highest BCUT2D eigenvalue weighted by Gasteiger charge is 2.44. The SMILES string of the molecule is C#Cc1ccc(C(NC(=O)[C@@H]2C[C@@H](O)CN2C(=O)C(N)C(C)(C)C)C(C)(C)O)cc1. The maximum absolute atomic E-state index is 13.1. The Hall–Kier alpha value is -2.40. The van der Waals surface area contributed by atoms with Crippen LogP contribution >= 0.6 is 0 Å². The van der Waals surface area contributed by atoms with E-state index in [1.165, 1.54) is 4.90 Å². The van der Waals surface area contributed by atoms with E-state index in [2.05, 4.69) is 11.2 Å². The number of benzene rings is 1. The van der Waals surface area contributed by atoms with E-state index in [0.29, 0.717) is 11.1 Å². The lowest BCUT2D eigenvalue weighted by atomic mass is 9.86. The monoisotopic (exact) mass is 415 g/mol. The first-order valence-corrected chi connectivity index (χ1v) is 10.1. The topological polar surface area (TPSA) is 116 Å². The number of terminal acetylenes is 1. The Kier molecular flexibility index (Phi) is 6.97. The third-order valence-electron chi connectivity index (χ3n) is 5.47. The van der Waals surface area contributed by atoms with Gasteiger partial charge in [0.1, 0.15) is 6.04 Å². The zero-order valence-corrected chi connectivity index (χ0v) is 18.3. The van der Waals surface area contributed by atoms with Crippen LogP contribution in [0.1, 0.15) is 58.2 Å². The van der Waals surface area contributed by atoms with Gasteiger partial charge in [-0.15, -0.1) is 6.42 Å². The smallest absolute Gasteiger partial charge is 0.243 e. The van der Waals surface area contributed by atoms with Crippen molar-refractivity contribution in [2.24, 2.45) is 11.1 Å². The molecule has 0 saturated carbocycles. The second-order valence-corrected chi connectivity index (χ2v) is 9.60. The molecule has 1 aromatic rings. The van der Waals surface area contributed by atoms with Gasteiger partial charge >= 0.3 is 0 Å². The molecule has 0 radical (unpaired) electrons. The molecule has 2 unspecified atom stereocenters. The lowest BCUT2D eigenvalue weighted by molar-refractivity contribution is -0.142. The Morgan fingerprint density at radius 1 is 1.23 bits per heavy atom. The molecule has 7 heteroatoms. The number of aliphatic hydroxyl groups excluding tert-OH is 1. The van der Waals surface area contributed by atoms with Crippen LogP contribution in [-0.2, 0) is 9.59 Å². The van der Waals surface area contributed by atoms with Crippen molar-refractivity contribution in [3.8, 4) is 12.3 Å². The molecule has 0 aromatic heterocycles. The number of likely N-dealkylation sites (tertiary alicyclic amines) is 1. The van der Waals surface area contributed by atoms with Crippen LogP contribution in [0.3, 0.4) is 0 Å². The Balaban J connectivity index is 2.26. The predicted octanol–water partition coefficient (Wildman–Crippen LogP) is 0.931. The third-order valence-corrected chi connectivity index (χ3v) is 5.47. The molecular weight excluding hydrogens is 382 g/mol. The van der Waals surface area contributed by atoms with Crippen LogP contribution in [0.25, 0.3) is 0 Å². The number of carbonyl (C=O) groups excluding carboxylic acids is 2. The van der Waals surface area contributed by atoms with Gasteiger partial charge in [0, 0.05) is 18.5 Å². The minimum Gasteiger partial charge on any atom is -0.391 e. The molecule has 7 nitrogen and oxygen atoms in total. The van der Waals surface area contributed by atoms with Crippen molar-refractivity contribution in [3.63, 3.8) is 0 Å². The minimum absolute atomic E-state index is 0.0464. The molecule has 0 spiro atoms. The average molecular weight is 416 g/mol. The first-order valence-electron chi connectivity index (χ1n) is 10.1. The second kappa shape index (κ2) is 8.76. The summed E-state index contributed by atoms with van der Waals surface area (Å²) in [6.07, 6.45) is 4.70. The molecule has 2 amide bonds. The standard InChI is InChI=1S/C23H33N3O4/c1-7-14-8-10-15(11-9-14)19(23(5,6)30)25-20(28)17-12-16(27)13-26(17)21(29)18(24)22(2,3)4/h1,8-11,16-19,27,30H,12-13,24H2,2-6H3,(H,25,28)/t16-,17+,18?,19?/m1/s1. The Morgan fingerprint density at radius 2 is 1.80 bits per heavy atom. The summed E-state index contributed by atoms with van der Waals surface area (Å²) in [7, 11) is 0. The van der Waals surface area contributed by atoms with Crippen LogP contribution < -0.4 is 11.1 Å². The number of nitrogens with two attached hydrogens (primary N) is 1. The molecule has 5 N–H and O–H groups in total. The van der Waals surface area contributed by atoms with Gasteiger partial charge in [0.15, 0.2) is 0 Å². The van der Waals surface area contributed by atoms with Gasteiger partial charge in [-0.25, -0.2) is 0 Å². The van der Waals surface area contributed by atoms with Crippen LogP contribution in [0.15, 0.2) is 24.3 Å². The number of β-amino-alcohol motifs (C(OH)–C–C–N with tert-alkyl or cyclic N) is 1. The van der Waals surface area contributed by atoms with Crippen LogP contribution in [0, 0.1) is 17.8 Å². The number of hydrogen-bond donors (Lipinski definition) is 4.